The van der Waals surface area contributed by atoms with E-state index in [0.29, 0.717) is 11.1 Å². The molecule has 5 nitrogen and oxygen atoms in total. The first-order valence-electron chi connectivity index (χ1n) is 5.67. The summed E-state index contributed by atoms with van der Waals surface area (Å²) in [4.78, 5) is 11.8. The minimum Gasteiger partial charge on any atom is -0.504 e. The van der Waals surface area contributed by atoms with Crippen LogP contribution in [0.1, 0.15) is 15.9 Å². The number of amides is 1. The van der Waals surface area contributed by atoms with E-state index in [9.17, 15) is 9.90 Å². The smallest absolute Gasteiger partial charge is 0.271 e. The molecule has 2 aromatic rings. The van der Waals surface area contributed by atoms with Crippen molar-refractivity contribution in [2.45, 2.75) is 0 Å². The van der Waals surface area contributed by atoms with Crippen molar-refractivity contribution < 1.29 is 15.0 Å². The van der Waals surface area contributed by atoms with Crippen LogP contribution >= 0.6 is 22.6 Å². The van der Waals surface area contributed by atoms with Gasteiger partial charge in [-0.15, -0.1) is 0 Å². The monoisotopic (exact) mass is 382 g/mol. The highest BCUT2D eigenvalue weighted by Gasteiger charge is 2.04. The molecule has 2 rings (SSSR count). The molecule has 0 saturated heterocycles. The van der Waals surface area contributed by atoms with Crippen LogP contribution in [0.25, 0.3) is 0 Å². The van der Waals surface area contributed by atoms with Gasteiger partial charge in [0.2, 0.25) is 0 Å². The van der Waals surface area contributed by atoms with Crippen molar-refractivity contribution in [3.05, 3.63) is 57.2 Å². The highest BCUT2D eigenvalue weighted by Crippen LogP contribution is 2.23. The molecule has 0 aromatic heterocycles. The van der Waals surface area contributed by atoms with E-state index in [-0.39, 0.29) is 17.4 Å². The minimum atomic E-state index is -0.317. The molecule has 0 aliphatic carbocycles. The molecule has 20 heavy (non-hydrogen) atoms. The van der Waals surface area contributed by atoms with E-state index in [4.69, 9.17) is 5.11 Å². The maximum absolute atomic E-state index is 11.8. The topological polar surface area (TPSA) is 81.9 Å². The van der Waals surface area contributed by atoms with Gasteiger partial charge in [-0.3, -0.25) is 4.79 Å². The summed E-state index contributed by atoms with van der Waals surface area (Å²) in [7, 11) is 0. The van der Waals surface area contributed by atoms with Crippen LogP contribution in [0.2, 0.25) is 0 Å². The van der Waals surface area contributed by atoms with Crippen molar-refractivity contribution in [1.82, 2.24) is 5.43 Å². The fraction of sp³-hybridized carbons (Fsp3) is 0. The van der Waals surface area contributed by atoms with E-state index in [1.54, 1.807) is 24.3 Å². The Bertz CT molecular complexity index is 671. The molecule has 1 amide bonds. The van der Waals surface area contributed by atoms with Gasteiger partial charge in [0.25, 0.3) is 5.91 Å². The van der Waals surface area contributed by atoms with Gasteiger partial charge in [-0.1, -0.05) is 6.07 Å². The summed E-state index contributed by atoms with van der Waals surface area (Å²) in [6.45, 7) is 0. The molecule has 0 radical (unpaired) electrons. The van der Waals surface area contributed by atoms with Crippen molar-refractivity contribution in [2.24, 2.45) is 5.10 Å². The Kier molecular flexibility index (Phi) is 4.57. The second-order valence-corrected chi connectivity index (χ2v) is 5.20. The average Bonchev–Trinajstić information content (AvgIpc) is 2.42. The van der Waals surface area contributed by atoms with Crippen molar-refractivity contribution in [2.75, 3.05) is 0 Å². The normalized spacial score (nSPS) is 10.7. The second kappa shape index (κ2) is 6.38. The first-order valence-corrected chi connectivity index (χ1v) is 6.75. The lowest BCUT2D eigenvalue weighted by Gasteiger charge is -2.01. The molecule has 0 unspecified atom stereocenters. The van der Waals surface area contributed by atoms with Crippen molar-refractivity contribution in [1.29, 1.82) is 0 Å². The summed E-state index contributed by atoms with van der Waals surface area (Å²) in [6.07, 6.45) is 1.38. The molecule has 0 bridgehead atoms. The van der Waals surface area contributed by atoms with Gasteiger partial charge >= 0.3 is 0 Å². The van der Waals surface area contributed by atoms with Crippen LogP contribution < -0.4 is 5.43 Å². The van der Waals surface area contributed by atoms with Crippen LogP contribution in [0.15, 0.2) is 47.6 Å². The molecule has 0 aliphatic rings. The third-order valence-corrected chi connectivity index (χ3v) is 3.14. The van der Waals surface area contributed by atoms with E-state index in [1.165, 1.54) is 18.3 Å². The fourth-order valence-electron chi connectivity index (χ4n) is 1.48. The van der Waals surface area contributed by atoms with Gasteiger partial charge in [0.1, 0.15) is 0 Å². The third-order valence-electron chi connectivity index (χ3n) is 2.47. The van der Waals surface area contributed by atoms with E-state index >= 15 is 0 Å². The number of aromatic hydroxyl groups is 2. The Labute approximate surface area is 129 Å². The number of carbonyl (C=O) groups is 1. The summed E-state index contributed by atoms with van der Waals surface area (Å²) >= 11 is 2.12. The predicted molar refractivity (Wildman–Crippen MR) is 84.0 cm³/mol. The molecular formula is C14H11IN2O3. The van der Waals surface area contributed by atoms with Crippen LogP contribution in [-0.4, -0.2) is 22.3 Å². The third kappa shape index (κ3) is 3.70. The highest BCUT2D eigenvalue weighted by atomic mass is 127. The zero-order valence-corrected chi connectivity index (χ0v) is 12.4. The van der Waals surface area contributed by atoms with E-state index in [1.807, 2.05) is 6.07 Å². The molecule has 0 aliphatic heterocycles. The van der Waals surface area contributed by atoms with Gasteiger partial charge < -0.3 is 10.2 Å². The Morgan fingerprint density at radius 3 is 2.65 bits per heavy atom. The van der Waals surface area contributed by atoms with Crippen LogP contribution in [-0.2, 0) is 0 Å². The summed E-state index contributed by atoms with van der Waals surface area (Å²) in [5.74, 6) is -0.759. The average molecular weight is 382 g/mol. The summed E-state index contributed by atoms with van der Waals surface area (Å²) in [5.41, 5.74) is 3.47. The summed E-state index contributed by atoms with van der Waals surface area (Å²) < 4.78 is 0.961. The van der Waals surface area contributed by atoms with Crippen LogP contribution in [0.5, 0.6) is 11.5 Å². The number of hydrogen-bond donors (Lipinski definition) is 3. The lowest BCUT2D eigenvalue weighted by atomic mass is 10.2. The molecule has 0 spiro atoms. The standard InChI is InChI=1S/C14H11IN2O3/c15-11-3-1-2-10(7-11)14(20)17-16-8-9-4-5-12(18)13(19)6-9/h1-8,18-19H,(H,17,20)/b16-8-. The van der Waals surface area contributed by atoms with Gasteiger partial charge in [0, 0.05) is 9.13 Å². The Morgan fingerprint density at radius 1 is 1.15 bits per heavy atom. The van der Waals surface area contributed by atoms with E-state index < -0.39 is 0 Å². The maximum Gasteiger partial charge on any atom is 0.271 e. The number of phenols is 2. The highest BCUT2D eigenvalue weighted by molar-refractivity contribution is 14.1. The van der Waals surface area contributed by atoms with Gasteiger partial charge in [0.05, 0.1) is 6.21 Å². The van der Waals surface area contributed by atoms with Gasteiger partial charge in [-0.2, -0.15) is 5.10 Å². The number of hydrogen-bond acceptors (Lipinski definition) is 4. The predicted octanol–water partition coefficient (Wildman–Crippen LogP) is 2.47. The van der Waals surface area contributed by atoms with Crippen molar-refractivity contribution in [3.63, 3.8) is 0 Å². The number of rotatable bonds is 3. The SMILES string of the molecule is O=C(N/N=C\c1ccc(O)c(O)c1)c1cccc(I)c1. The molecule has 6 heteroatoms. The number of nitrogens with zero attached hydrogens (tertiary/aromatic N) is 1. The lowest BCUT2D eigenvalue weighted by molar-refractivity contribution is 0.0955. The largest absolute Gasteiger partial charge is 0.504 e. The first-order chi connectivity index (χ1) is 9.56. The number of benzene rings is 2. The molecule has 0 heterocycles. The van der Waals surface area contributed by atoms with Gasteiger partial charge in [-0.25, -0.2) is 5.43 Å². The molecule has 0 saturated carbocycles. The van der Waals surface area contributed by atoms with E-state index in [2.05, 4.69) is 33.1 Å². The number of nitrogens with one attached hydrogen (secondary N) is 1. The number of phenolic OH excluding ortho intramolecular Hbond substituents is 2. The Balaban J connectivity index is 2.02. The van der Waals surface area contributed by atoms with E-state index in [0.717, 1.165) is 3.57 Å². The molecule has 3 N–H and O–H groups in total. The van der Waals surface area contributed by atoms with Crippen molar-refractivity contribution >= 4 is 34.7 Å². The zero-order chi connectivity index (χ0) is 14.5. The molecule has 2 aromatic carbocycles. The van der Waals surface area contributed by atoms with Crippen LogP contribution in [0, 0.1) is 3.57 Å². The molecule has 0 atom stereocenters. The number of hydrazone groups is 1. The Morgan fingerprint density at radius 2 is 1.95 bits per heavy atom. The minimum absolute atomic E-state index is 0.204. The summed E-state index contributed by atoms with van der Waals surface area (Å²) in [5, 5.41) is 22.3. The Hall–Kier alpha value is -2.09. The quantitative estimate of drug-likeness (QED) is 0.330. The second-order valence-electron chi connectivity index (χ2n) is 3.96. The maximum atomic E-state index is 11.8. The van der Waals surface area contributed by atoms with Crippen LogP contribution in [0.4, 0.5) is 0 Å². The molecular weight excluding hydrogens is 371 g/mol. The van der Waals surface area contributed by atoms with Crippen molar-refractivity contribution in [3.8, 4) is 11.5 Å². The fourth-order valence-corrected chi connectivity index (χ4v) is 2.02. The molecule has 0 fully saturated rings. The number of halogens is 1. The summed E-state index contributed by atoms with van der Waals surface area (Å²) in [6, 6.07) is 11.4. The van der Waals surface area contributed by atoms with Gasteiger partial charge in [0.15, 0.2) is 11.5 Å². The first kappa shape index (κ1) is 14.3. The number of carbonyl (C=O) groups excluding carboxylic acids is 1. The van der Waals surface area contributed by atoms with Crippen LogP contribution in [0.3, 0.4) is 0 Å². The lowest BCUT2D eigenvalue weighted by Crippen LogP contribution is -2.17. The van der Waals surface area contributed by atoms with Gasteiger partial charge in [-0.05, 0) is 64.6 Å². The zero-order valence-electron chi connectivity index (χ0n) is 10.2. The molecule has 102 valence electrons.